The van der Waals surface area contributed by atoms with Crippen LogP contribution in [0, 0.1) is 0 Å². The highest BCUT2D eigenvalue weighted by atomic mass is 35.5. The molecule has 0 aliphatic carbocycles. The third-order valence-corrected chi connectivity index (χ3v) is 3.03. The van der Waals surface area contributed by atoms with Gasteiger partial charge in [0.25, 0.3) is 0 Å². The predicted molar refractivity (Wildman–Crippen MR) is 79.2 cm³/mol. The average molecular weight is 287 g/mol. The van der Waals surface area contributed by atoms with Crippen molar-refractivity contribution in [2.75, 3.05) is 7.05 Å². The number of halogens is 1. The zero-order valence-electron chi connectivity index (χ0n) is 11.7. The molecule has 0 fully saturated rings. The van der Waals surface area contributed by atoms with Crippen LogP contribution in [0.25, 0.3) is 0 Å². The van der Waals surface area contributed by atoms with Gasteiger partial charge in [0, 0.05) is 13.6 Å². The smallest absolute Gasteiger partial charge is 0.242 e. The van der Waals surface area contributed by atoms with E-state index in [0.717, 1.165) is 12.0 Å². The van der Waals surface area contributed by atoms with Crippen LogP contribution in [0.5, 0.6) is 0 Å². The van der Waals surface area contributed by atoms with E-state index in [9.17, 15) is 9.90 Å². The molecule has 0 spiro atoms. The lowest BCUT2D eigenvalue weighted by molar-refractivity contribution is -0.134. The molecule has 0 radical (unpaired) electrons. The van der Waals surface area contributed by atoms with Gasteiger partial charge in [-0.05, 0) is 24.5 Å². The standard InChI is InChI=1S/C14H22N2O2.ClH/c1-4-11-5-7-12(8-6-11)9-16(3)14(18)13(15)10(2)17;/h5-8,10,13,17H,4,9,15H2,1-3H3;1H/t10-,13+;/m0./s1. The summed E-state index contributed by atoms with van der Waals surface area (Å²) < 4.78 is 0. The van der Waals surface area contributed by atoms with Gasteiger partial charge in [0.15, 0.2) is 0 Å². The van der Waals surface area contributed by atoms with Crippen LogP contribution < -0.4 is 5.73 Å². The second-order valence-electron chi connectivity index (χ2n) is 4.63. The number of aliphatic hydroxyl groups is 1. The van der Waals surface area contributed by atoms with Crippen LogP contribution in [0.1, 0.15) is 25.0 Å². The summed E-state index contributed by atoms with van der Waals surface area (Å²) >= 11 is 0. The molecule has 1 rings (SSSR count). The summed E-state index contributed by atoms with van der Waals surface area (Å²) in [7, 11) is 1.69. The van der Waals surface area contributed by atoms with E-state index in [1.807, 2.05) is 12.1 Å². The quantitative estimate of drug-likeness (QED) is 0.858. The maximum Gasteiger partial charge on any atom is 0.242 e. The molecule has 0 bridgehead atoms. The van der Waals surface area contributed by atoms with Gasteiger partial charge in [-0.3, -0.25) is 4.79 Å². The molecule has 0 saturated heterocycles. The van der Waals surface area contributed by atoms with Gasteiger partial charge in [-0.15, -0.1) is 12.4 Å². The van der Waals surface area contributed by atoms with Gasteiger partial charge in [0.2, 0.25) is 5.91 Å². The summed E-state index contributed by atoms with van der Waals surface area (Å²) in [4.78, 5) is 13.4. The van der Waals surface area contributed by atoms with Crippen LogP contribution in [-0.4, -0.2) is 35.1 Å². The zero-order valence-corrected chi connectivity index (χ0v) is 12.5. The average Bonchev–Trinajstić information content (AvgIpc) is 2.37. The summed E-state index contributed by atoms with van der Waals surface area (Å²) in [6.45, 7) is 4.13. The van der Waals surface area contributed by atoms with Crippen LogP contribution in [-0.2, 0) is 17.8 Å². The van der Waals surface area contributed by atoms with E-state index in [1.165, 1.54) is 12.5 Å². The van der Waals surface area contributed by atoms with Gasteiger partial charge in [0.1, 0.15) is 6.04 Å². The van der Waals surface area contributed by atoms with E-state index >= 15 is 0 Å². The molecule has 3 N–H and O–H groups in total. The van der Waals surface area contributed by atoms with Gasteiger partial charge < -0.3 is 15.7 Å². The van der Waals surface area contributed by atoms with E-state index < -0.39 is 12.1 Å². The van der Waals surface area contributed by atoms with Gasteiger partial charge in [-0.1, -0.05) is 31.2 Å². The molecule has 2 atom stereocenters. The van der Waals surface area contributed by atoms with E-state index in [2.05, 4.69) is 19.1 Å². The topological polar surface area (TPSA) is 66.6 Å². The van der Waals surface area contributed by atoms with Crippen molar-refractivity contribution in [3.05, 3.63) is 35.4 Å². The fraction of sp³-hybridized carbons (Fsp3) is 0.500. The lowest BCUT2D eigenvalue weighted by Gasteiger charge is -2.23. The number of benzene rings is 1. The van der Waals surface area contributed by atoms with Crippen molar-refractivity contribution in [2.45, 2.75) is 39.0 Å². The highest BCUT2D eigenvalue weighted by Gasteiger charge is 2.22. The lowest BCUT2D eigenvalue weighted by atomic mass is 10.1. The first-order chi connectivity index (χ1) is 8.45. The normalized spacial score (nSPS) is 13.3. The van der Waals surface area contributed by atoms with Crippen LogP contribution in [0.2, 0.25) is 0 Å². The fourth-order valence-electron chi connectivity index (χ4n) is 1.69. The van der Waals surface area contributed by atoms with Crippen molar-refractivity contribution in [1.29, 1.82) is 0 Å². The number of hydrogen-bond donors (Lipinski definition) is 2. The highest BCUT2D eigenvalue weighted by Crippen LogP contribution is 2.08. The lowest BCUT2D eigenvalue weighted by Crippen LogP contribution is -2.47. The van der Waals surface area contributed by atoms with Crippen molar-refractivity contribution >= 4 is 18.3 Å². The van der Waals surface area contributed by atoms with Crippen LogP contribution in [0.4, 0.5) is 0 Å². The molecule has 0 aliphatic heterocycles. The zero-order chi connectivity index (χ0) is 13.7. The highest BCUT2D eigenvalue weighted by molar-refractivity contribution is 5.85. The Morgan fingerprint density at radius 3 is 2.21 bits per heavy atom. The fourth-order valence-corrected chi connectivity index (χ4v) is 1.69. The molecule has 5 heteroatoms. The number of likely N-dealkylation sites (N-methyl/N-ethyl adjacent to an activating group) is 1. The molecule has 0 heterocycles. The summed E-state index contributed by atoms with van der Waals surface area (Å²) in [5.41, 5.74) is 7.95. The van der Waals surface area contributed by atoms with Crippen molar-refractivity contribution in [3.8, 4) is 0 Å². The van der Waals surface area contributed by atoms with E-state index in [1.54, 1.807) is 11.9 Å². The number of carbonyl (C=O) groups is 1. The maximum atomic E-state index is 11.9. The van der Waals surface area contributed by atoms with Crippen molar-refractivity contribution in [1.82, 2.24) is 4.90 Å². The first kappa shape index (κ1) is 17.9. The number of carbonyl (C=O) groups excluding carboxylic acids is 1. The second-order valence-corrected chi connectivity index (χ2v) is 4.63. The minimum absolute atomic E-state index is 0. The molecular formula is C14H23ClN2O2. The monoisotopic (exact) mass is 286 g/mol. The third kappa shape index (κ3) is 5.19. The Hall–Kier alpha value is -1.10. The van der Waals surface area contributed by atoms with Crippen LogP contribution in [0.15, 0.2) is 24.3 Å². The first-order valence-electron chi connectivity index (χ1n) is 6.22. The Balaban J connectivity index is 0.00000324. The molecule has 1 aromatic carbocycles. The molecule has 0 saturated carbocycles. The Bertz CT molecular complexity index is 393. The number of hydrogen-bond acceptors (Lipinski definition) is 3. The molecule has 19 heavy (non-hydrogen) atoms. The van der Waals surface area contributed by atoms with Gasteiger partial charge in [-0.25, -0.2) is 0 Å². The van der Waals surface area contributed by atoms with Gasteiger partial charge in [0.05, 0.1) is 6.10 Å². The van der Waals surface area contributed by atoms with Crippen molar-refractivity contribution in [3.63, 3.8) is 0 Å². The van der Waals surface area contributed by atoms with Crippen LogP contribution >= 0.6 is 12.4 Å². The minimum Gasteiger partial charge on any atom is -0.391 e. The van der Waals surface area contributed by atoms with Gasteiger partial charge >= 0.3 is 0 Å². The Morgan fingerprint density at radius 2 is 1.79 bits per heavy atom. The van der Waals surface area contributed by atoms with Crippen molar-refractivity contribution < 1.29 is 9.90 Å². The minimum atomic E-state index is -0.857. The summed E-state index contributed by atoms with van der Waals surface area (Å²) in [6.07, 6.45) is 0.171. The second kappa shape index (κ2) is 8.15. The molecule has 0 aromatic heterocycles. The van der Waals surface area contributed by atoms with Crippen LogP contribution in [0.3, 0.4) is 0 Å². The molecule has 0 unspecified atom stereocenters. The largest absolute Gasteiger partial charge is 0.391 e. The number of nitrogens with two attached hydrogens (primary N) is 1. The maximum absolute atomic E-state index is 11.9. The van der Waals surface area contributed by atoms with E-state index in [0.29, 0.717) is 6.54 Å². The molecule has 108 valence electrons. The van der Waals surface area contributed by atoms with E-state index in [-0.39, 0.29) is 18.3 Å². The summed E-state index contributed by atoms with van der Waals surface area (Å²) in [5.74, 6) is -0.246. The Morgan fingerprint density at radius 1 is 1.32 bits per heavy atom. The number of amides is 1. The van der Waals surface area contributed by atoms with E-state index in [4.69, 9.17) is 5.73 Å². The molecular weight excluding hydrogens is 264 g/mol. The SMILES string of the molecule is CCc1ccc(CN(C)C(=O)[C@H](N)[C@H](C)O)cc1.Cl. The predicted octanol–water partition coefficient (Wildman–Crippen LogP) is 1.34. The summed E-state index contributed by atoms with van der Waals surface area (Å²) in [6, 6.07) is 7.28. The number of nitrogens with zero attached hydrogens (tertiary/aromatic N) is 1. The first-order valence-corrected chi connectivity index (χ1v) is 6.22. The van der Waals surface area contributed by atoms with Gasteiger partial charge in [-0.2, -0.15) is 0 Å². The number of aliphatic hydroxyl groups excluding tert-OH is 1. The molecule has 4 nitrogen and oxygen atoms in total. The molecule has 0 aliphatic rings. The number of aryl methyl sites for hydroxylation is 1. The Kier molecular flexibility index (Phi) is 7.68. The molecule has 1 amide bonds. The van der Waals surface area contributed by atoms with Crippen molar-refractivity contribution in [2.24, 2.45) is 5.73 Å². The summed E-state index contributed by atoms with van der Waals surface area (Å²) in [5, 5.41) is 9.30. The number of rotatable bonds is 5. The third-order valence-electron chi connectivity index (χ3n) is 3.03. The molecule has 1 aromatic rings. The Labute approximate surface area is 121 Å².